The molecule has 0 bridgehead atoms. The molecule has 166 valence electrons. The second-order valence-electron chi connectivity index (χ2n) is 9.07. The summed E-state index contributed by atoms with van der Waals surface area (Å²) in [5, 5.41) is 3.87. The molecular weight excluding hydrogens is 404 g/mol. The summed E-state index contributed by atoms with van der Waals surface area (Å²) < 4.78 is 10.6. The fraction of sp³-hybridized carbons (Fsp3) is 0.682. The summed E-state index contributed by atoms with van der Waals surface area (Å²) in [6.07, 6.45) is 3.34. The molecule has 0 aliphatic carbocycles. The maximum atomic E-state index is 12.5. The molecule has 2 aliphatic heterocycles. The number of amides is 1. The second kappa shape index (κ2) is 8.96. The van der Waals surface area contributed by atoms with E-state index in [2.05, 4.69) is 12.1 Å². The fourth-order valence-corrected chi connectivity index (χ4v) is 5.64. The Bertz CT molecular complexity index is 818. The van der Waals surface area contributed by atoms with Crippen LogP contribution in [0.15, 0.2) is 5.16 Å². The van der Waals surface area contributed by atoms with Crippen molar-refractivity contribution in [2.24, 2.45) is 11.1 Å². The molecule has 3 heterocycles. The van der Waals surface area contributed by atoms with Gasteiger partial charge in [-0.1, -0.05) is 12.1 Å². The Hall–Kier alpha value is -2.09. The van der Waals surface area contributed by atoms with Crippen molar-refractivity contribution in [3.05, 3.63) is 20.9 Å². The molecule has 30 heavy (non-hydrogen) atoms. The zero-order valence-electron chi connectivity index (χ0n) is 18.7. The van der Waals surface area contributed by atoms with Crippen molar-refractivity contribution < 1.29 is 23.9 Å². The summed E-state index contributed by atoms with van der Waals surface area (Å²) in [5.74, 6) is 0.398. The van der Waals surface area contributed by atoms with Crippen molar-refractivity contribution in [2.45, 2.75) is 64.9 Å². The molecule has 7 nitrogen and oxygen atoms in total. The number of likely N-dealkylation sites (tertiary alicyclic amines) is 1. The number of carbonyl (C=O) groups excluding carboxylic acids is 2. The van der Waals surface area contributed by atoms with Gasteiger partial charge >= 0.3 is 12.1 Å². The van der Waals surface area contributed by atoms with E-state index in [9.17, 15) is 9.59 Å². The standard InChI is InChI=1S/C22H32N2O5S/c1-13(15-7-9-24(10-8-15)21(26)29-22(3,4)5)18-14(2)17(20(25)27-6)19(30-18)16-11-23-28-12-16/h11,13,15-16H,7-10,12H2,1-6H3/t13-,16?/m1/s1. The number of hydrogen-bond donors (Lipinski definition) is 0. The number of rotatable bonds is 4. The summed E-state index contributed by atoms with van der Waals surface area (Å²) >= 11 is 1.67. The molecule has 1 aromatic heterocycles. The summed E-state index contributed by atoms with van der Waals surface area (Å²) in [7, 11) is 1.41. The van der Waals surface area contributed by atoms with Crippen molar-refractivity contribution >= 4 is 29.6 Å². The third-order valence-electron chi connectivity index (χ3n) is 5.82. The summed E-state index contributed by atoms with van der Waals surface area (Å²) in [6, 6.07) is 0. The van der Waals surface area contributed by atoms with Crippen molar-refractivity contribution in [2.75, 3.05) is 26.8 Å². The van der Waals surface area contributed by atoms with Crippen molar-refractivity contribution in [1.82, 2.24) is 4.90 Å². The van der Waals surface area contributed by atoms with Gasteiger partial charge < -0.3 is 19.2 Å². The van der Waals surface area contributed by atoms with E-state index in [0.29, 0.717) is 31.2 Å². The van der Waals surface area contributed by atoms with Gasteiger partial charge in [-0.25, -0.2) is 9.59 Å². The molecule has 0 radical (unpaired) electrons. The van der Waals surface area contributed by atoms with Crippen molar-refractivity contribution in [3.8, 4) is 0 Å². The Morgan fingerprint density at radius 1 is 1.30 bits per heavy atom. The van der Waals surface area contributed by atoms with Crippen LogP contribution in [0.1, 0.15) is 78.0 Å². The number of carbonyl (C=O) groups is 2. The SMILES string of the molecule is COC(=O)c1c(C2C=NOC2)sc([C@H](C)C2CCN(C(=O)OC(C)(C)C)CC2)c1C. The van der Waals surface area contributed by atoms with Crippen LogP contribution in [0.25, 0.3) is 0 Å². The smallest absolute Gasteiger partial charge is 0.410 e. The number of ether oxygens (including phenoxy) is 2. The van der Waals surface area contributed by atoms with Gasteiger partial charge in [0.2, 0.25) is 0 Å². The van der Waals surface area contributed by atoms with Gasteiger partial charge in [0, 0.05) is 22.8 Å². The molecule has 1 saturated heterocycles. The molecule has 8 heteroatoms. The Kier molecular flexibility index (Phi) is 6.75. The van der Waals surface area contributed by atoms with Crippen LogP contribution in [0.3, 0.4) is 0 Å². The van der Waals surface area contributed by atoms with E-state index in [1.165, 1.54) is 12.0 Å². The van der Waals surface area contributed by atoms with E-state index in [0.717, 1.165) is 23.3 Å². The minimum atomic E-state index is -0.483. The second-order valence-corrected chi connectivity index (χ2v) is 10.2. The van der Waals surface area contributed by atoms with Gasteiger partial charge in [0.25, 0.3) is 0 Å². The highest BCUT2D eigenvalue weighted by Crippen LogP contribution is 2.43. The van der Waals surface area contributed by atoms with E-state index in [4.69, 9.17) is 14.3 Å². The number of esters is 1. The quantitative estimate of drug-likeness (QED) is 0.640. The predicted octanol–water partition coefficient (Wildman–Crippen LogP) is 4.69. The molecule has 3 rings (SSSR count). The maximum Gasteiger partial charge on any atom is 0.410 e. The van der Waals surface area contributed by atoms with Gasteiger partial charge in [-0.05, 0) is 57.9 Å². The molecule has 1 amide bonds. The topological polar surface area (TPSA) is 77.4 Å². The average molecular weight is 437 g/mol. The first-order chi connectivity index (χ1) is 14.1. The van der Waals surface area contributed by atoms with Crippen LogP contribution in [-0.4, -0.2) is 55.6 Å². The van der Waals surface area contributed by atoms with E-state index in [-0.39, 0.29) is 23.9 Å². The monoisotopic (exact) mass is 436 g/mol. The minimum absolute atomic E-state index is 0.0160. The first-order valence-electron chi connectivity index (χ1n) is 10.5. The highest BCUT2D eigenvalue weighted by Gasteiger charge is 2.34. The molecule has 2 aliphatic rings. The minimum Gasteiger partial charge on any atom is -0.465 e. The average Bonchev–Trinajstić information content (AvgIpc) is 3.33. The largest absolute Gasteiger partial charge is 0.465 e. The Balaban J connectivity index is 1.74. The number of thiophene rings is 1. The molecule has 2 atom stereocenters. The van der Waals surface area contributed by atoms with E-state index in [1.807, 2.05) is 27.7 Å². The first-order valence-corrected chi connectivity index (χ1v) is 11.3. The number of hydrogen-bond acceptors (Lipinski definition) is 7. The maximum absolute atomic E-state index is 12.5. The van der Waals surface area contributed by atoms with Crippen LogP contribution in [-0.2, 0) is 14.3 Å². The molecule has 1 fully saturated rings. The first kappa shape index (κ1) is 22.6. The van der Waals surface area contributed by atoms with Crippen LogP contribution in [0.5, 0.6) is 0 Å². The van der Waals surface area contributed by atoms with Gasteiger partial charge in [0.05, 0.1) is 24.8 Å². The zero-order chi connectivity index (χ0) is 22.1. The van der Waals surface area contributed by atoms with Gasteiger partial charge in [0.15, 0.2) is 0 Å². The van der Waals surface area contributed by atoms with E-state index in [1.54, 1.807) is 22.5 Å². The number of nitrogens with zero attached hydrogens (tertiary/aromatic N) is 2. The fourth-order valence-electron chi connectivity index (χ4n) is 4.15. The summed E-state index contributed by atoms with van der Waals surface area (Å²) in [4.78, 5) is 34.0. The Morgan fingerprint density at radius 3 is 2.50 bits per heavy atom. The zero-order valence-corrected chi connectivity index (χ0v) is 19.5. The highest BCUT2D eigenvalue weighted by molar-refractivity contribution is 7.12. The lowest BCUT2D eigenvalue weighted by molar-refractivity contribution is 0.0176. The van der Waals surface area contributed by atoms with Crippen LogP contribution in [0.4, 0.5) is 4.79 Å². The van der Waals surface area contributed by atoms with Crippen molar-refractivity contribution in [1.29, 1.82) is 0 Å². The number of piperidine rings is 1. The summed E-state index contributed by atoms with van der Waals surface area (Å²) in [6.45, 7) is 11.7. The van der Waals surface area contributed by atoms with Crippen molar-refractivity contribution in [3.63, 3.8) is 0 Å². The van der Waals surface area contributed by atoms with Gasteiger partial charge in [-0.3, -0.25) is 0 Å². The lowest BCUT2D eigenvalue weighted by Crippen LogP contribution is -2.42. The highest BCUT2D eigenvalue weighted by atomic mass is 32.1. The normalized spacial score (nSPS) is 20.7. The lowest BCUT2D eigenvalue weighted by atomic mass is 9.83. The summed E-state index contributed by atoms with van der Waals surface area (Å²) in [5.41, 5.74) is 1.16. The van der Waals surface area contributed by atoms with Gasteiger partial charge in [-0.15, -0.1) is 11.3 Å². The van der Waals surface area contributed by atoms with Gasteiger partial charge in [0.1, 0.15) is 12.2 Å². The molecule has 0 N–H and O–H groups in total. The molecule has 1 aromatic rings. The Labute approximate surface area is 182 Å². The van der Waals surface area contributed by atoms with Crippen LogP contribution < -0.4 is 0 Å². The Morgan fingerprint density at radius 2 is 1.97 bits per heavy atom. The van der Waals surface area contributed by atoms with Crippen LogP contribution >= 0.6 is 11.3 Å². The molecule has 0 spiro atoms. The van der Waals surface area contributed by atoms with Gasteiger partial charge in [-0.2, -0.15) is 0 Å². The third kappa shape index (κ3) is 4.79. The number of oxime groups is 1. The molecule has 1 unspecified atom stereocenters. The molecule has 0 aromatic carbocycles. The van der Waals surface area contributed by atoms with E-state index >= 15 is 0 Å². The predicted molar refractivity (Wildman–Crippen MR) is 117 cm³/mol. The van der Waals surface area contributed by atoms with Crippen LogP contribution in [0, 0.1) is 12.8 Å². The molecule has 0 saturated carbocycles. The number of methoxy groups -OCH3 is 1. The van der Waals surface area contributed by atoms with Crippen LogP contribution in [0.2, 0.25) is 0 Å². The van der Waals surface area contributed by atoms with E-state index < -0.39 is 5.60 Å². The lowest BCUT2D eigenvalue weighted by Gasteiger charge is -2.35. The molecular formula is C22H32N2O5S. The third-order valence-corrected chi connectivity index (χ3v) is 7.44.